The molecule has 1 aromatic carbocycles. The van der Waals surface area contributed by atoms with E-state index in [1.165, 1.54) is 12.8 Å². The fourth-order valence-corrected chi connectivity index (χ4v) is 4.40. The van der Waals surface area contributed by atoms with Crippen molar-refractivity contribution in [2.75, 3.05) is 0 Å². The predicted molar refractivity (Wildman–Crippen MR) is 72.6 cm³/mol. The van der Waals surface area contributed by atoms with Crippen LogP contribution in [0.4, 0.5) is 0 Å². The number of fused-ring (bicyclic) bond motifs is 5. The average molecular weight is 254 g/mol. The largest absolute Gasteiger partial charge is 0.458 e. The molecule has 0 aromatic heterocycles. The zero-order valence-corrected chi connectivity index (χ0v) is 10.9. The molecule has 3 aliphatic carbocycles. The molecular formula is C17H18O2. The van der Waals surface area contributed by atoms with E-state index in [-0.39, 0.29) is 12.1 Å². The van der Waals surface area contributed by atoms with E-state index in [9.17, 15) is 4.79 Å². The number of allylic oxidation sites excluding steroid dienone is 2. The fourth-order valence-electron chi connectivity index (χ4n) is 4.40. The topological polar surface area (TPSA) is 26.3 Å². The molecule has 2 heteroatoms. The third-order valence-electron chi connectivity index (χ3n) is 5.22. The molecule has 1 aromatic rings. The minimum Gasteiger partial charge on any atom is -0.458 e. The van der Waals surface area contributed by atoms with Crippen LogP contribution >= 0.6 is 0 Å². The first-order valence-electron chi connectivity index (χ1n) is 7.25. The van der Waals surface area contributed by atoms with E-state index in [1.54, 1.807) is 0 Å². The maximum atomic E-state index is 12.1. The van der Waals surface area contributed by atoms with Gasteiger partial charge in [0.1, 0.15) is 6.10 Å². The predicted octanol–water partition coefficient (Wildman–Crippen LogP) is 3.44. The Morgan fingerprint density at radius 1 is 1.11 bits per heavy atom. The third kappa shape index (κ3) is 1.73. The molecule has 0 radical (unpaired) electrons. The molecule has 0 N–H and O–H groups in total. The molecule has 0 spiro atoms. The summed E-state index contributed by atoms with van der Waals surface area (Å²) >= 11 is 0. The van der Waals surface area contributed by atoms with Crippen LogP contribution in [-0.4, -0.2) is 12.1 Å². The van der Waals surface area contributed by atoms with Crippen LogP contribution in [0, 0.1) is 23.7 Å². The van der Waals surface area contributed by atoms with Crippen molar-refractivity contribution in [1.82, 2.24) is 0 Å². The second-order valence-electron chi connectivity index (χ2n) is 6.11. The second kappa shape index (κ2) is 4.22. The molecule has 98 valence electrons. The lowest BCUT2D eigenvalue weighted by atomic mass is 9.80. The van der Waals surface area contributed by atoms with Gasteiger partial charge in [-0.3, -0.25) is 0 Å². The fraction of sp³-hybridized carbons (Fsp3) is 0.471. The summed E-state index contributed by atoms with van der Waals surface area (Å²) in [6.45, 7) is 0. The van der Waals surface area contributed by atoms with Gasteiger partial charge in [-0.15, -0.1) is 0 Å². The summed E-state index contributed by atoms with van der Waals surface area (Å²) in [5.74, 6) is 2.71. The molecule has 3 aliphatic rings. The van der Waals surface area contributed by atoms with Gasteiger partial charge in [0.2, 0.25) is 0 Å². The first-order chi connectivity index (χ1) is 9.33. The van der Waals surface area contributed by atoms with Crippen LogP contribution in [0.1, 0.15) is 29.6 Å². The number of rotatable bonds is 2. The Hall–Kier alpha value is -1.57. The van der Waals surface area contributed by atoms with Gasteiger partial charge in [0.15, 0.2) is 0 Å². The smallest absolute Gasteiger partial charge is 0.338 e. The zero-order valence-electron chi connectivity index (χ0n) is 10.9. The Kier molecular flexibility index (Phi) is 2.51. The first-order valence-corrected chi connectivity index (χ1v) is 7.25. The van der Waals surface area contributed by atoms with Gasteiger partial charge < -0.3 is 4.74 Å². The van der Waals surface area contributed by atoms with Crippen molar-refractivity contribution in [2.45, 2.75) is 25.4 Å². The van der Waals surface area contributed by atoms with Gasteiger partial charge in [-0.05, 0) is 49.1 Å². The summed E-state index contributed by atoms with van der Waals surface area (Å²) in [6, 6.07) is 9.34. The SMILES string of the molecule is O=C(O[C@@H]1C[C@@H]2C[C@@H]1[C@H]1C=CC[C@H]21)c1ccccc1. The van der Waals surface area contributed by atoms with E-state index in [0.29, 0.717) is 17.4 Å². The molecule has 0 saturated heterocycles. The minimum absolute atomic E-state index is 0.140. The highest BCUT2D eigenvalue weighted by Gasteiger charge is 2.53. The number of ether oxygens (including phenoxy) is 1. The van der Waals surface area contributed by atoms with Crippen molar-refractivity contribution in [3.8, 4) is 0 Å². The van der Waals surface area contributed by atoms with Crippen LogP contribution in [0.3, 0.4) is 0 Å². The third-order valence-corrected chi connectivity index (χ3v) is 5.22. The minimum atomic E-state index is -0.156. The van der Waals surface area contributed by atoms with Gasteiger partial charge in [0, 0.05) is 5.92 Å². The Bertz CT molecular complexity index is 519. The Balaban J connectivity index is 1.48. The lowest BCUT2D eigenvalue weighted by molar-refractivity contribution is 0.00501. The molecule has 19 heavy (non-hydrogen) atoms. The molecular weight excluding hydrogens is 236 g/mol. The highest BCUT2D eigenvalue weighted by molar-refractivity contribution is 5.89. The molecule has 2 bridgehead atoms. The van der Waals surface area contributed by atoms with E-state index in [1.807, 2.05) is 30.3 Å². The summed E-state index contributed by atoms with van der Waals surface area (Å²) in [4.78, 5) is 12.1. The van der Waals surface area contributed by atoms with Gasteiger partial charge in [-0.2, -0.15) is 0 Å². The molecule has 0 unspecified atom stereocenters. The Labute approximate surface area is 113 Å². The summed E-state index contributed by atoms with van der Waals surface area (Å²) < 4.78 is 5.77. The number of hydrogen-bond donors (Lipinski definition) is 0. The first kappa shape index (κ1) is 11.3. The Morgan fingerprint density at radius 2 is 1.95 bits per heavy atom. The number of carbonyl (C=O) groups is 1. The lowest BCUT2D eigenvalue weighted by Gasteiger charge is -2.30. The second-order valence-corrected chi connectivity index (χ2v) is 6.11. The van der Waals surface area contributed by atoms with Crippen molar-refractivity contribution >= 4 is 5.97 Å². The number of hydrogen-bond acceptors (Lipinski definition) is 2. The van der Waals surface area contributed by atoms with E-state index in [0.717, 1.165) is 18.3 Å². The van der Waals surface area contributed by atoms with Gasteiger partial charge >= 0.3 is 5.97 Å². The van der Waals surface area contributed by atoms with Crippen LogP contribution in [0.5, 0.6) is 0 Å². The average Bonchev–Trinajstić information content (AvgIpc) is 3.11. The van der Waals surface area contributed by atoms with Crippen molar-refractivity contribution in [3.05, 3.63) is 48.0 Å². The molecule has 2 saturated carbocycles. The summed E-state index contributed by atoms with van der Waals surface area (Å²) in [6.07, 6.45) is 8.39. The maximum absolute atomic E-state index is 12.1. The van der Waals surface area contributed by atoms with Crippen LogP contribution in [0.25, 0.3) is 0 Å². The monoisotopic (exact) mass is 254 g/mol. The molecule has 0 amide bonds. The van der Waals surface area contributed by atoms with Crippen molar-refractivity contribution in [2.24, 2.45) is 23.7 Å². The normalized spacial score (nSPS) is 38.4. The summed E-state index contributed by atoms with van der Waals surface area (Å²) in [7, 11) is 0. The Morgan fingerprint density at radius 3 is 2.79 bits per heavy atom. The van der Waals surface area contributed by atoms with E-state index in [4.69, 9.17) is 4.74 Å². The van der Waals surface area contributed by atoms with Crippen LogP contribution in [0.15, 0.2) is 42.5 Å². The number of benzene rings is 1. The highest BCUT2D eigenvalue weighted by Crippen LogP contribution is 2.57. The standard InChI is InChI=1S/C17H18O2/c18-17(11-5-2-1-3-6-11)19-16-10-12-9-15(16)14-8-4-7-13(12)14/h1-6,8,12-16H,7,9-10H2/t12-,13+,14-,15+,16+/m0/s1. The summed E-state index contributed by atoms with van der Waals surface area (Å²) in [5, 5.41) is 0. The van der Waals surface area contributed by atoms with E-state index < -0.39 is 0 Å². The van der Waals surface area contributed by atoms with Crippen molar-refractivity contribution in [3.63, 3.8) is 0 Å². The molecule has 0 aliphatic heterocycles. The van der Waals surface area contributed by atoms with E-state index in [2.05, 4.69) is 12.2 Å². The quantitative estimate of drug-likeness (QED) is 0.597. The maximum Gasteiger partial charge on any atom is 0.338 e. The van der Waals surface area contributed by atoms with Crippen LogP contribution < -0.4 is 0 Å². The van der Waals surface area contributed by atoms with Crippen molar-refractivity contribution < 1.29 is 9.53 Å². The molecule has 2 nitrogen and oxygen atoms in total. The van der Waals surface area contributed by atoms with Gasteiger partial charge in [-0.1, -0.05) is 30.4 Å². The number of carbonyl (C=O) groups excluding carboxylic acids is 1. The van der Waals surface area contributed by atoms with Crippen LogP contribution in [0.2, 0.25) is 0 Å². The van der Waals surface area contributed by atoms with Gasteiger partial charge in [-0.25, -0.2) is 4.79 Å². The van der Waals surface area contributed by atoms with E-state index >= 15 is 0 Å². The highest BCUT2D eigenvalue weighted by atomic mass is 16.5. The van der Waals surface area contributed by atoms with Crippen LogP contribution in [-0.2, 0) is 4.74 Å². The number of esters is 1. The zero-order chi connectivity index (χ0) is 12.8. The van der Waals surface area contributed by atoms with Gasteiger partial charge in [0.05, 0.1) is 5.56 Å². The molecule has 4 rings (SSSR count). The van der Waals surface area contributed by atoms with Gasteiger partial charge in [0.25, 0.3) is 0 Å². The lowest BCUT2D eigenvalue weighted by Crippen LogP contribution is -2.32. The summed E-state index contributed by atoms with van der Waals surface area (Å²) in [5.41, 5.74) is 0.670. The molecule has 0 heterocycles. The van der Waals surface area contributed by atoms with Crippen molar-refractivity contribution in [1.29, 1.82) is 0 Å². The molecule has 5 atom stereocenters. The molecule has 2 fully saturated rings.